The summed E-state index contributed by atoms with van der Waals surface area (Å²) < 4.78 is 6.18. The molecule has 0 atom stereocenters. The zero-order chi connectivity index (χ0) is 22.5. The van der Waals surface area contributed by atoms with Gasteiger partial charge in [0.15, 0.2) is 0 Å². The number of carbonyl (C=O) groups excluding carboxylic acids is 1. The van der Waals surface area contributed by atoms with Crippen LogP contribution in [0.25, 0.3) is 5.57 Å². The van der Waals surface area contributed by atoms with Crippen LogP contribution < -0.4 is 27.2 Å². The number of rotatable bonds is 7. The Morgan fingerprint density at radius 2 is 2.00 bits per heavy atom. The zero-order valence-corrected chi connectivity index (χ0v) is 18.2. The van der Waals surface area contributed by atoms with Crippen molar-refractivity contribution >= 4 is 23.5 Å². The fourth-order valence-electron chi connectivity index (χ4n) is 3.52. The van der Waals surface area contributed by atoms with Gasteiger partial charge in [-0.2, -0.15) is 0 Å². The Kier molecular flexibility index (Phi) is 6.94. The van der Waals surface area contributed by atoms with Crippen LogP contribution in [-0.4, -0.2) is 31.3 Å². The maximum absolute atomic E-state index is 12.3. The number of hydrazine groups is 2. The normalized spacial score (nSPS) is 14.0. The lowest BCUT2D eigenvalue weighted by Gasteiger charge is -2.25. The molecule has 1 aliphatic rings. The van der Waals surface area contributed by atoms with Crippen LogP contribution in [0.1, 0.15) is 41.0 Å². The molecule has 2 amide bonds. The number of anilines is 1. The van der Waals surface area contributed by atoms with Crippen molar-refractivity contribution in [2.75, 3.05) is 19.1 Å². The summed E-state index contributed by atoms with van der Waals surface area (Å²) in [4.78, 5) is 16.4. The molecule has 1 fully saturated rings. The van der Waals surface area contributed by atoms with E-state index in [1.54, 1.807) is 13.3 Å². The molecule has 1 saturated carbocycles. The van der Waals surface area contributed by atoms with E-state index in [0.717, 1.165) is 56.4 Å². The molecule has 0 heterocycles. The zero-order valence-electron chi connectivity index (χ0n) is 18.2. The lowest BCUT2D eigenvalue weighted by molar-refractivity contribution is 0.216. The predicted molar refractivity (Wildman–Crippen MR) is 125 cm³/mol. The number of ether oxygens (including phenoxy) is 1. The summed E-state index contributed by atoms with van der Waals surface area (Å²) in [6.45, 7) is 2.26. The highest BCUT2D eigenvalue weighted by molar-refractivity contribution is 6.09. The van der Waals surface area contributed by atoms with E-state index in [4.69, 9.17) is 22.2 Å². The second-order valence-corrected chi connectivity index (χ2v) is 7.66. The van der Waals surface area contributed by atoms with Gasteiger partial charge in [0.25, 0.3) is 0 Å². The lowest BCUT2D eigenvalue weighted by atomic mass is 10.0. The molecule has 0 saturated heterocycles. The van der Waals surface area contributed by atoms with Crippen molar-refractivity contribution < 1.29 is 9.53 Å². The Bertz CT molecular complexity index is 1010. The van der Waals surface area contributed by atoms with Crippen LogP contribution in [0, 0.1) is 6.92 Å². The molecular formula is C23H30N6O2. The molecule has 0 spiro atoms. The summed E-state index contributed by atoms with van der Waals surface area (Å²) in [6.07, 6.45) is 5.48. The van der Waals surface area contributed by atoms with Gasteiger partial charge in [-0.25, -0.2) is 21.5 Å². The molecule has 0 radical (unpaired) electrons. The van der Waals surface area contributed by atoms with E-state index in [1.165, 1.54) is 13.2 Å². The minimum Gasteiger partial charge on any atom is -0.489 e. The van der Waals surface area contributed by atoms with Crippen LogP contribution in [0.3, 0.4) is 0 Å². The predicted octanol–water partition coefficient (Wildman–Crippen LogP) is 3.06. The molecule has 8 nitrogen and oxygen atoms in total. The number of hydrogen-bond acceptors (Lipinski definition) is 6. The highest BCUT2D eigenvalue weighted by Gasteiger charge is 2.29. The van der Waals surface area contributed by atoms with E-state index in [2.05, 4.69) is 11.1 Å². The summed E-state index contributed by atoms with van der Waals surface area (Å²) >= 11 is 0. The van der Waals surface area contributed by atoms with Crippen molar-refractivity contribution in [3.63, 3.8) is 0 Å². The molecule has 0 unspecified atom stereocenters. The monoisotopic (exact) mass is 422 g/mol. The standard InChI is InChI=1S/C23H30N6O2/c1-15-11-17(18(12-24)13-27-2)9-10-22(15)31-14-20-19(16-7-8-16)5-4-6-21(20)29(26)23(30)28(3)25/h4-6,9-13,16H,7-8,14,24-26H2,1-3H3. The van der Waals surface area contributed by atoms with Gasteiger partial charge in [0, 0.05) is 37.6 Å². The van der Waals surface area contributed by atoms with Gasteiger partial charge >= 0.3 is 6.03 Å². The number of nitrogens with two attached hydrogens (primary N) is 3. The Balaban J connectivity index is 1.88. The van der Waals surface area contributed by atoms with Gasteiger partial charge in [-0.05, 0) is 60.6 Å². The summed E-state index contributed by atoms with van der Waals surface area (Å²) in [6, 6.07) is 11.1. The summed E-state index contributed by atoms with van der Waals surface area (Å²) in [5.41, 5.74) is 11.1. The largest absolute Gasteiger partial charge is 0.489 e. The molecule has 8 heteroatoms. The first kappa shape index (κ1) is 22.3. The van der Waals surface area contributed by atoms with Crippen LogP contribution in [0.5, 0.6) is 5.75 Å². The van der Waals surface area contributed by atoms with Crippen molar-refractivity contribution in [2.24, 2.45) is 22.4 Å². The van der Waals surface area contributed by atoms with Crippen LogP contribution in [-0.2, 0) is 6.61 Å². The van der Waals surface area contributed by atoms with Crippen LogP contribution >= 0.6 is 0 Å². The van der Waals surface area contributed by atoms with Crippen LogP contribution in [0.4, 0.5) is 10.5 Å². The number of aliphatic imine (C=N–C) groups is 1. The SMILES string of the molecule is CN=CC(=CN)c1ccc(OCc2c(C3CC3)cccc2N(N)C(=O)N(C)N)c(C)c1. The van der Waals surface area contributed by atoms with E-state index in [-0.39, 0.29) is 6.61 Å². The van der Waals surface area contributed by atoms with E-state index in [1.807, 2.05) is 37.3 Å². The van der Waals surface area contributed by atoms with Gasteiger partial charge in [-0.15, -0.1) is 0 Å². The van der Waals surface area contributed by atoms with Crippen molar-refractivity contribution in [3.05, 3.63) is 64.9 Å². The fraction of sp³-hybridized carbons (Fsp3) is 0.304. The van der Waals surface area contributed by atoms with E-state index in [0.29, 0.717) is 11.6 Å². The van der Waals surface area contributed by atoms with Gasteiger partial charge in [-0.3, -0.25) is 10.0 Å². The van der Waals surface area contributed by atoms with Crippen LogP contribution in [0.2, 0.25) is 0 Å². The summed E-state index contributed by atoms with van der Waals surface area (Å²) in [7, 11) is 3.16. The second-order valence-electron chi connectivity index (χ2n) is 7.66. The first-order valence-electron chi connectivity index (χ1n) is 10.1. The molecule has 0 bridgehead atoms. The van der Waals surface area contributed by atoms with Crippen LogP contribution in [0.15, 0.2) is 47.6 Å². The number of allylic oxidation sites excluding steroid dienone is 1. The van der Waals surface area contributed by atoms with Gasteiger partial charge in [0.1, 0.15) is 12.4 Å². The van der Waals surface area contributed by atoms with Crippen molar-refractivity contribution in [2.45, 2.75) is 32.3 Å². The topological polar surface area (TPSA) is 123 Å². The van der Waals surface area contributed by atoms with E-state index >= 15 is 0 Å². The molecule has 3 rings (SSSR count). The second kappa shape index (κ2) is 9.63. The number of urea groups is 1. The minimum absolute atomic E-state index is 0.285. The summed E-state index contributed by atoms with van der Waals surface area (Å²) in [5.74, 6) is 12.9. The van der Waals surface area contributed by atoms with Gasteiger partial charge < -0.3 is 10.5 Å². The summed E-state index contributed by atoms with van der Waals surface area (Å²) in [5, 5.41) is 2.03. The molecule has 0 aliphatic heterocycles. The van der Waals surface area contributed by atoms with Crippen molar-refractivity contribution in [1.82, 2.24) is 5.01 Å². The van der Waals surface area contributed by atoms with Crippen molar-refractivity contribution in [1.29, 1.82) is 0 Å². The number of amides is 2. The molecule has 0 aromatic heterocycles. The van der Waals surface area contributed by atoms with Gasteiger partial charge in [0.2, 0.25) is 0 Å². The number of nitrogens with zero attached hydrogens (tertiary/aromatic N) is 3. The molecule has 6 N–H and O–H groups in total. The smallest absolute Gasteiger partial charge is 0.352 e. The Morgan fingerprint density at radius 1 is 1.26 bits per heavy atom. The fourth-order valence-corrected chi connectivity index (χ4v) is 3.52. The maximum atomic E-state index is 12.3. The molecule has 2 aromatic rings. The first-order valence-corrected chi connectivity index (χ1v) is 10.1. The molecule has 1 aliphatic carbocycles. The number of benzene rings is 2. The van der Waals surface area contributed by atoms with Gasteiger partial charge in [-0.1, -0.05) is 18.2 Å². The number of aryl methyl sites for hydroxylation is 1. The van der Waals surface area contributed by atoms with Crippen molar-refractivity contribution in [3.8, 4) is 5.75 Å². The molecular weight excluding hydrogens is 392 g/mol. The Hall–Kier alpha value is -3.36. The lowest BCUT2D eigenvalue weighted by Crippen LogP contribution is -2.49. The quantitative estimate of drug-likeness (QED) is 0.274. The van der Waals surface area contributed by atoms with Gasteiger partial charge in [0.05, 0.1) is 5.69 Å². The van der Waals surface area contributed by atoms with E-state index < -0.39 is 6.03 Å². The average Bonchev–Trinajstić information content (AvgIpc) is 3.60. The molecule has 2 aromatic carbocycles. The third kappa shape index (κ3) is 5.04. The third-order valence-corrected chi connectivity index (χ3v) is 5.30. The maximum Gasteiger partial charge on any atom is 0.352 e. The first-order chi connectivity index (χ1) is 14.9. The molecule has 164 valence electrons. The number of hydrogen-bond donors (Lipinski definition) is 3. The highest BCUT2D eigenvalue weighted by Crippen LogP contribution is 2.44. The van der Waals surface area contributed by atoms with E-state index in [9.17, 15) is 4.79 Å². The Labute approximate surface area is 182 Å². The molecule has 31 heavy (non-hydrogen) atoms. The average molecular weight is 423 g/mol. The number of carbonyl (C=O) groups is 1. The Morgan fingerprint density at radius 3 is 2.58 bits per heavy atom. The minimum atomic E-state index is -0.506. The highest BCUT2D eigenvalue weighted by atomic mass is 16.5. The third-order valence-electron chi connectivity index (χ3n) is 5.30.